The van der Waals surface area contributed by atoms with E-state index in [1.807, 2.05) is 6.07 Å². The van der Waals surface area contributed by atoms with Gasteiger partial charge in [0.25, 0.3) is 0 Å². The summed E-state index contributed by atoms with van der Waals surface area (Å²) < 4.78 is 51.2. The van der Waals surface area contributed by atoms with Gasteiger partial charge in [-0.2, -0.15) is 0 Å². The van der Waals surface area contributed by atoms with E-state index in [2.05, 4.69) is 10.0 Å². The van der Waals surface area contributed by atoms with Crippen LogP contribution in [0.3, 0.4) is 0 Å². The molecule has 17 nitrogen and oxygen atoms in total. The highest BCUT2D eigenvalue weighted by Crippen LogP contribution is 2.37. The topological polar surface area (TPSA) is 220 Å². The standard InChI is InChI=1S/C29H37N3O14/c1-14(33)10-11-19(35)44-22-18(13-39-15(2)34)43-28(20(31-32-30)23(22)40-12-17-8-6-5-7-9-17)45-24-21(36)25(27(37)38-4)46-29-26(24)41-16(3)42-29/h5-9,16,18,20-26,28-29,36H,10-13H2,1-4H3/t16-,18+,20+,21-,22+,23+,24-,25+,26+,28+,29-/m0/s1. The number of carbonyl (C=O) groups is 4. The highest BCUT2D eigenvalue weighted by atomic mass is 16.8. The van der Waals surface area contributed by atoms with Crippen LogP contribution in [-0.4, -0.2) is 110 Å². The van der Waals surface area contributed by atoms with E-state index in [0.717, 1.165) is 12.7 Å². The zero-order chi connectivity index (χ0) is 33.4. The van der Waals surface area contributed by atoms with Crippen molar-refractivity contribution in [2.24, 2.45) is 5.11 Å². The summed E-state index contributed by atoms with van der Waals surface area (Å²) in [7, 11) is 1.11. The quantitative estimate of drug-likeness (QED) is 0.104. The van der Waals surface area contributed by atoms with Crippen molar-refractivity contribution in [2.45, 2.75) is 108 Å². The number of nitrogens with zero attached hydrogens (tertiary/aromatic N) is 3. The molecule has 3 heterocycles. The predicted octanol–water partition coefficient (Wildman–Crippen LogP) is 1.23. The Balaban J connectivity index is 1.70. The third-order valence-electron chi connectivity index (χ3n) is 7.40. The van der Waals surface area contributed by atoms with Crippen molar-refractivity contribution in [1.29, 1.82) is 0 Å². The summed E-state index contributed by atoms with van der Waals surface area (Å²) in [5.41, 5.74) is 10.3. The first kappa shape index (κ1) is 35.2. The van der Waals surface area contributed by atoms with Crippen LogP contribution in [0.4, 0.5) is 0 Å². The number of rotatable bonds is 13. The second-order valence-electron chi connectivity index (χ2n) is 10.8. The van der Waals surface area contributed by atoms with Crippen molar-refractivity contribution in [3.8, 4) is 0 Å². The van der Waals surface area contributed by atoms with Crippen LogP contribution in [0.5, 0.6) is 0 Å². The summed E-state index contributed by atoms with van der Waals surface area (Å²) in [5.74, 6) is -2.60. The monoisotopic (exact) mass is 651 g/mol. The van der Waals surface area contributed by atoms with Gasteiger partial charge in [0, 0.05) is 18.3 Å². The number of aliphatic hydroxyl groups excluding tert-OH is 1. The number of methoxy groups -OCH3 is 1. The number of carbonyl (C=O) groups excluding carboxylic acids is 4. The maximum Gasteiger partial charge on any atom is 0.337 e. The third-order valence-corrected chi connectivity index (χ3v) is 7.40. The molecular formula is C29H37N3O14. The van der Waals surface area contributed by atoms with E-state index in [9.17, 15) is 29.8 Å². The summed E-state index contributed by atoms with van der Waals surface area (Å²) in [5, 5.41) is 15.1. The molecular weight excluding hydrogens is 614 g/mol. The Labute approximate surface area is 263 Å². The molecule has 0 amide bonds. The normalized spacial score (nSPS) is 33.6. The average Bonchev–Trinajstić information content (AvgIpc) is 3.41. The van der Waals surface area contributed by atoms with E-state index in [4.69, 9.17) is 42.6 Å². The SMILES string of the molecule is COC(=O)[C@@H]1O[C@@H]2O[C@@H](C)O[C@@H]2[C@@H](O[C@H]2O[C@H](COC(C)=O)[C@@H](OC(=O)CCC(C)=O)[C@H](OCc3ccccc3)[C@H]2N=[N+]=[N-])[C@@H]1O. The lowest BCUT2D eigenvalue weighted by Crippen LogP contribution is -2.65. The van der Waals surface area contributed by atoms with E-state index in [1.54, 1.807) is 31.2 Å². The van der Waals surface area contributed by atoms with Gasteiger partial charge in [0.2, 0.25) is 0 Å². The Morgan fingerprint density at radius 1 is 1.00 bits per heavy atom. The van der Waals surface area contributed by atoms with Gasteiger partial charge < -0.3 is 52.5 Å². The Hall–Kier alpha value is -3.67. The number of Topliss-reactive ketones (excluding diaryl/α,β-unsaturated/α-hetero) is 1. The first-order valence-corrected chi connectivity index (χ1v) is 14.6. The summed E-state index contributed by atoms with van der Waals surface area (Å²) in [6.07, 6.45) is -13.3. The van der Waals surface area contributed by atoms with Crippen LogP contribution in [0.15, 0.2) is 35.4 Å². The summed E-state index contributed by atoms with van der Waals surface area (Å²) in [6.45, 7) is 3.58. The van der Waals surface area contributed by atoms with E-state index < -0.39 is 92.2 Å². The maximum absolute atomic E-state index is 12.9. The number of hydrogen-bond acceptors (Lipinski definition) is 15. The molecule has 1 aromatic carbocycles. The fourth-order valence-corrected chi connectivity index (χ4v) is 5.25. The first-order valence-electron chi connectivity index (χ1n) is 14.6. The summed E-state index contributed by atoms with van der Waals surface area (Å²) >= 11 is 0. The number of fused-ring (bicyclic) bond motifs is 1. The van der Waals surface area contributed by atoms with Crippen LogP contribution < -0.4 is 0 Å². The number of benzene rings is 1. The zero-order valence-corrected chi connectivity index (χ0v) is 25.7. The number of ether oxygens (including phenoxy) is 9. The van der Waals surface area contributed by atoms with Crippen LogP contribution in [-0.2, 0) is 68.4 Å². The van der Waals surface area contributed by atoms with Gasteiger partial charge in [-0.05, 0) is 24.9 Å². The van der Waals surface area contributed by atoms with Crippen molar-refractivity contribution < 1.29 is 66.9 Å². The predicted molar refractivity (Wildman–Crippen MR) is 150 cm³/mol. The largest absolute Gasteiger partial charge is 0.467 e. The molecule has 0 unspecified atom stereocenters. The molecule has 3 saturated heterocycles. The third kappa shape index (κ3) is 8.77. The lowest BCUT2D eigenvalue weighted by Gasteiger charge is -2.47. The van der Waals surface area contributed by atoms with Crippen molar-refractivity contribution in [1.82, 2.24) is 0 Å². The van der Waals surface area contributed by atoms with Gasteiger partial charge in [-0.3, -0.25) is 9.59 Å². The second-order valence-corrected chi connectivity index (χ2v) is 10.8. The van der Waals surface area contributed by atoms with Crippen LogP contribution in [0.25, 0.3) is 10.4 Å². The Kier molecular flexibility index (Phi) is 12.4. The fraction of sp³-hybridized carbons (Fsp3) is 0.655. The zero-order valence-electron chi connectivity index (χ0n) is 25.7. The molecule has 252 valence electrons. The molecule has 3 aliphatic heterocycles. The van der Waals surface area contributed by atoms with Crippen LogP contribution >= 0.6 is 0 Å². The van der Waals surface area contributed by atoms with Gasteiger partial charge in [-0.25, -0.2) is 4.79 Å². The van der Waals surface area contributed by atoms with E-state index in [0.29, 0.717) is 0 Å². The molecule has 0 radical (unpaired) electrons. The van der Waals surface area contributed by atoms with Gasteiger partial charge in [0.05, 0.1) is 20.1 Å². The van der Waals surface area contributed by atoms with E-state index in [-0.39, 0.29) is 25.2 Å². The molecule has 46 heavy (non-hydrogen) atoms. The Morgan fingerprint density at radius 2 is 1.74 bits per heavy atom. The molecule has 1 N–H and O–H groups in total. The van der Waals surface area contributed by atoms with E-state index in [1.165, 1.54) is 13.8 Å². The molecule has 0 aliphatic carbocycles. The molecule has 0 aromatic heterocycles. The smallest absolute Gasteiger partial charge is 0.337 e. The van der Waals surface area contributed by atoms with Gasteiger partial charge in [0.15, 0.2) is 31.1 Å². The highest BCUT2D eigenvalue weighted by Gasteiger charge is 2.57. The molecule has 1 aromatic rings. The highest BCUT2D eigenvalue weighted by molar-refractivity contribution is 5.81. The van der Waals surface area contributed by atoms with Crippen molar-refractivity contribution in [2.75, 3.05) is 13.7 Å². The molecule has 0 bridgehead atoms. The second kappa shape index (κ2) is 16.2. The fourth-order valence-electron chi connectivity index (χ4n) is 5.25. The molecule has 3 aliphatic rings. The molecule has 17 heteroatoms. The number of aliphatic hydroxyl groups is 1. The lowest BCUT2D eigenvalue weighted by molar-refractivity contribution is -0.324. The number of azide groups is 1. The van der Waals surface area contributed by atoms with Gasteiger partial charge in [-0.1, -0.05) is 35.4 Å². The van der Waals surface area contributed by atoms with Gasteiger partial charge >= 0.3 is 17.9 Å². The van der Waals surface area contributed by atoms with Crippen molar-refractivity contribution in [3.05, 3.63) is 46.3 Å². The van der Waals surface area contributed by atoms with Crippen molar-refractivity contribution >= 4 is 23.7 Å². The summed E-state index contributed by atoms with van der Waals surface area (Å²) in [6, 6.07) is 7.57. The summed E-state index contributed by atoms with van der Waals surface area (Å²) in [4.78, 5) is 51.6. The first-order chi connectivity index (χ1) is 22.0. The number of ketones is 1. The minimum absolute atomic E-state index is 0.0407. The van der Waals surface area contributed by atoms with Gasteiger partial charge in [0.1, 0.15) is 49.0 Å². The van der Waals surface area contributed by atoms with Crippen LogP contribution in [0, 0.1) is 0 Å². The minimum atomic E-state index is -1.67. The molecule has 4 rings (SSSR count). The Morgan fingerprint density at radius 3 is 2.39 bits per heavy atom. The van der Waals surface area contributed by atoms with Gasteiger partial charge in [-0.15, -0.1) is 0 Å². The number of esters is 3. The maximum atomic E-state index is 12.9. The van der Waals surface area contributed by atoms with Crippen molar-refractivity contribution in [3.63, 3.8) is 0 Å². The molecule has 11 atom stereocenters. The molecule has 0 spiro atoms. The lowest BCUT2D eigenvalue weighted by atomic mass is 9.95. The molecule has 3 fully saturated rings. The molecule has 0 saturated carbocycles. The van der Waals surface area contributed by atoms with Crippen LogP contribution in [0.2, 0.25) is 0 Å². The minimum Gasteiger partial charge on any atom is -0.467 e. The van der Waals surface area contributed by atoms with Crippen LogP contribution in [0.1, 0.15) is 39.2 Å². The number of hydrogen-bond donors (Lipinski definition) is 1. The Bertz CT molecular complexity index is 1280. The average molecular weight is 652 g/mol. The van der Waals surface area contributed by atoms with E-state index >= 15 is 0 Å².